The lowest BCUT2D eigenvalue weighted by molar-refractivity contribution is -0.112. The maximum Gasteiger partial charge on any atom is 0.266 e. The van der Waals surface area contributed by atoms with Crippen molar-refractivity contribution >= 4 is 33.6 Å². The molecule has 0 fully saturated rings. The third kappa shape index (κ3) is 5.25. The smallest absolute Gasteiger partial charge is 0.266 e. The lowest BCUT2D eigenvalue weighted by Crippen LogP contribution is -2.13. The van der Waals surface area contributed by atoms with Crippen LogP contribution in [0.4, 0.5) is 5.69 Å². The van der Waals surface area contributed by atoms with E-state index in [2.05, 4.69) is 21.2 Å². The van der Waals surface area contributed by atoms with Gasteiger partial charge in [0, 0.05) is 16.2 Å². The van der Waals surface area contributed by atoms with E-state index in [4.69, 9.17) is 14.2 Å². The molecule has 1 amide bonds. The van der Waals surface area contributed by atoms with Gasteiger partial charge in [-0.25, -0.2) is 0 Å². The lowest BCUT2D eigenvalue weighted by Gasteiger charge is -2.10. The van der Waals surface area contributed by atoms with E-state index in [1.54, 1.807) is 36.4 Å². The third-order valence-corrected chi connectivity index (χ3v) is 4.26. The van der Waals surface area contributed by atoms with Gasteiger partial charge >= 0.3 is 0 Å². The molecule has 0 aromatic heterocycles. The Morgan fingerprint density at radius 1 is 1.22 bits per heavy atom. The van der Waals surface area contributed by atoms with Gasteiger partial charge in [-0.2, -0.15) is 5.26 Å². The van der Waals surface area contributed by atoms with Gasteiger partial charge in [-0.3, -0.25) is 4.79 Å². The number of rotatable bonds is 7. The van der Waals surface area contributed by atoms with Gasteiger partial charge in [-0.1, -0.05) is 22.0 Å². The molecule has 0 heterocycles. The molecule has 0 radical (unpaired) electrons. The van der Waals surface area contributed by atoms with Gasteiger partial charge in [0.25, 0.3) is 5.91 Å². The normalized spacial score (nSPS) is 10.7. The molecule has 140 valence electrons. The Bertz CT molecular complexity index is 903. The number of nitrogens with one attached hydrogen (secondary N) is 1. The number of carbonyl (C=O) groups excluding carboxylic acids is 1. The summed E-state index contributed by atoms with van der Waals surface area (Å²) >= 11 is 3.41. The molecule has 7 heteroatoms. The number of hydrogen-bond acceptors (Lipinski definition) is 5. The van der Waals surface area contributed by atoms with Crippen molar-refractivity contribution in [2.24, 2.45) is 0 Å². The summed E-state index contributed by atoms with van der Waals surface area (Å²) < 4.78 is 16.6. The Kier molecular flexibility index (Phi) is 7.26. The molecule has 2 aromatic carbocycles. The van der Waals surface area contributed by atoms with Crippen molar-refractivity contribution in [3.8, 4) is 23.3 Å². The maximum absolute atomic E-state index is 12.5. The second kappa shape index (κ2) is 9.64. The second-order valence-electron chi connectivity index (χ2n) is 5.31. The number of halogens is 1. The van der Waals surface area contributed by atoms with Crippen LogP contribution in [0.25, 0.3) is 6.08 Å². The highest BCUT2D eigenvalue weighted by Crippen LogP contribution is 2.34. The van der Waals surface area contributed by atoms with Gasteiger partial charge in [-0.15, -0.1) is 0 Å². The summed E-state index contributed by atoms with van der Waals surface area (Å²) in [7, 11) is 3.05. The molecule has 27 heavy (non-hydrogen) atoms. The fourth-order valence-electron chi connectivity index (χ4n) is 2.31. The summed E-state index contributed by atoms with van der Waals surface area (Å²) in [5.41, 5.74) is 1.10. The molecule has 6 nitrogen and oxygen atoms in total. The zero-order valence-electron chi connectivity index (χ0n) is 15.2. The van der Waals surface area contributed by atoms with Crippen molar-refractivity contribution in [2.45, 2.75) is 6.92 Å². The Labute approximate surface area is 166 Å². The Hall–Kier alpha value is -2.98. The van der Waals surface area contributed by atoms with Crippen LogP contribution in [-0.2, 0) is 4.79 Å². The number of hydrogen-bond donors (Lipinski definition) is 1. The highest BCUT2D eigenvalue weighted by atomic mass is 79.9. The highest BCUT2D eigenvalue weighted by Gasteiger charge is 2.13. The lowest BCUT2D eigenvalue weighted by atomic mass is 10.1. The molecule has 1 N–H and O–H groups in total. The first-order valence-corrected chi connectivity index (χ1v) is 8.89. The van der Waals surface area contributed by atoms with Crippen LogP contribution in [0.5, 0.6) is 17.2 Å². The van der Waals surface area contributed by atoms with Crippen molar-refractivity contribution < 1.29 is 19.0 Å². The maximum atomic E-state index is 12.5. The largest absolute Gasteiger partial charge is 0.494 e. The minimum Gasteiger partial charge on any atom is -0.494 e. The van der Waals surface area contributed by atoms with E-state index in [1.165, 1.54) is 20.3 Å². The zero-order valence-corrected chi connectivity index (χ0v) is 16.8. The predicted molar refractivity (Wildman–Crippen MR) is 107 cm³/mol. The van der Waals surface area contributed by atoms with Crippen LogP contribution >= 0.6 is 15.9 Å². The van der Waals surface area contributed by atoms with Crippen LogP contribution in [-0.4, -0.2) is 26.7 Å². The van der Waals surface area contributed by atoms with E-state index in [1.807, 2.05) is 13.0 Å². The first kappa shape index (κ1) is 20.3. The average Bonchev–Trinajstić information content (AvgIpc) is 2.67. The topological polar surface area (TPSA) is 80.6 Å². The molecule has 0 aliphatic heterocycles. The molecular weight excluding hydrogens is 412 g/mol. The van der Waals surface area contributed by atoms with Crippen LogP contribution in [0.15, 0.2) is 46.4 Å². The molecule has 0 atom stereocenters. The van der Waals surface area contributed by atoms with E-state index in [-0.39, 0.29) is 5.57 Å². The minimum atomic E-state index is -0.521. The zero-order chi connectivity index (χ0) is 19.8. The van der Waals surface area contributed by atoms with E-state index in [0.29, 0.717) is 39.6 Å². The summed E-state index contributed by atoms with van der Waals surface area (Å²) in [6.07, 6.45) is 1.48. The van der Waals surface area contributed by atoms with Gasteiger partial charge in [-0.05, 0) is 42.8 Å². The van der Waals surface area contributed by atoms with E-state index >= 15 is 0 Å². The monoisotopic (exact) mass is 430 g/mol. The number of nitriles is 1. The molecule has 0 aliphatic rings. The van der Waals surface area contributed by atoms with Crippen LogP contribution in [0.3, 0.4) is 0 Å². The molecule has 0 unspecified atom stereocenters. The van der Waals surface area contributed by atoms with Crippen LogP contribution < -0.4 is 19.5 Å². The second-order valence-corrected chi connectivity index (χ2v) is 6.17. The number of benzene rings is 2. The quantitative estimate of drug-likeness (QED) is 0.519. The predicted octanol–water partition coefficient (Wildman–Crippen LogP) is 4.41. The molecule has 2 aromatic rings. The van der Waals surface area contributed by atoms with Crippen molar-refractivity contribution in [3.63, 3.8) is 0 Å². The molecule has 2 rings (SSSR count). The van der Waals surface area contributed by atoms with E-state index < -0.39 is 5.91 Å². The van der Waals surface area contributed by atoms with Crippen molar-refractivity contribution in [3.05, 3.63) is 52.0 Å². The summed E-state index contributed by atoms with van der Waals surface area (Å²) in [5, 5.41) is 12.1. The van der Waals surface area contributed by atoms with Crippen molar-refractivity contribution in [2.75, 3.05) is 26.1 Å². The third-order valence-electron chi connectivity index (χ3n) is 3.57. The first-order chi connectivity index (χ1) is 13.0. The molecule has 0 saturated heterocycles. The molecule has 0 aliphatic carbocycles. The van der Waals surface area contributed by atoms with Gasteiger partial charge in [0.15, 0.2) is 11.5 Å². The molecule has 0 saturated carbocycles. The molecular formula is C20H19BrN2O4. The van der Waals surface area contributed by atoms with E-state index in [9.17, 15) is 10.1 Å². The summed E-state index contributed by atoms with van der Waals surface area (Å²) in [5.74, 6) is 1.15. The molecule has 0 spiro atoms. The average molecular weight is 431 g/mol. The number of anilines is 1. The standard InChI is InChI=1S/C20H19BrN2O4/c1-4-27-16-7-5-6-15(10-16)23-20(24)14(12-22)8-13-9-18(25-2)19(26-3)11-17(13)21/h5-11H,4H2,1-3H3,(H,23,24)/b14-8-. The fourth-order valence-corrected chi connectivity index (χ4v) is 2.75. The number of nitrogens with zero attached hydrogens (tertiary/aromatic N) is 1. The fraction of sp³-hybridized carbons (Fsp3) is 0.200. The number of methoxy groups -OCH3 is 2. The van der Waals surface area contributed by atoms with Crippen LogP contribution in [0, 0.1) is 11.3 Å². The number of ether oxygens (including phenoxy) is 3. The van der Waals surface area contributed by atoms with Crippen LogP contribution in [0.2, 0.25) is 0 Å². The number of amides is 1. The van der Waals surface area contributed by atoms with Crippen molar-refractivity contribution in [1.29, 1.82) is 5.26 Å². The SMILES string of the molecule is CCOc1cccc(NC(=O)/C(C#N)=C\c2cc(OC)c(OC)cc2Br)c1. The summed E-state index contributed by atoms with van der Waals surface area (Å²) in [6.45, 7) is 2.40. The summed E-state index contributed by atoms with van der Waals surface area (Å²) in [4.78, 5) is 12.5. The Balaban J connectivity index is 2.29. The first-order valence-electron chi connectivity index (χ1n) is 8.09. The van der Waals surface area contributed by atoms with E-state index in [0.717, 1.165) is 0 Å². The highest BCUT2D eigenvalue weighted by molar-refractivity contribution is 9.10. The van der Waals surface area contributed by atoms with Gasteiger partial charge in [0.1, 0.15) is 17.4 Å². The van der Waals surface area contributed by atoms with Gasteiger partial charge in [0.2, 0.25) is 0 Å². The Morgan fingerprint density at radius 2 is 1.93 bits per heavy atom. The molecule has 0 bridgehead atoms. The minimum absolute atomic E-state index is 0.0512. The van der Waals surface area contributed by atoms with Crippen molar-refractivity contribution in [1.82, 2.24) is 0 Å². The Morgan fingerprint density at radius 3 is 2.56 bits per heavy atom. The van der Waals surface area contributed by atoms with Crippen LogP contribution in [0.1, 0.15) is 12.5 Å². The summed E-state index contributed by atoms with van der Waals surface area (Å²) in [6, 6.07) is 12.3. The number of carbonyl (C=O) groups is 1. The van der Waals surface area contributed by atoms with Gasteiger partial charge < -0.3 is 19.5 Å². The van der Waals surface area contributed by atoms with Gasteiger partial charge in [0.05, 0.1) is 20.8 Å².